The van der Waals surface area contributed by atoms with E-state index in [1.807, 2.05) is 6.07 Å². The number of fused-ring (bicyclic) bond motifs is 1. The SMILES string of the molecule is COc1cc2c(N3CCCC4(CN(C)C(=O)O4)C3)ncnc2c(OC)c1OC. The number of carbonyl (C=O) groups excluding carboxylic acids is 1. The van der Waals surface area contributed by atoms with Gasteiger partial charge in [0.1, 0.15) is 23.3 Å². The van der Waals surface area contributed by atoms with Crippen molar-refractivity contribution < 1.29 is 23.7 Å². The number of anilines is 1. The summed E-state index contributed by atoms with van der Waals surface area (Å²) in [5.74, 6) is 2.29. The number of aromatic nitrogens is 2. The molecule has 0 N–H and O–H groups in total. The summed E-state index contributed by atoms with van der Waals surface area (Å²) in [6, 6.07) is 1.86. The van der Waals surface area contributed by atoms with Gasteiger partial charge in [-0.25, -0.2) is 14.8 Å². The fraction of sp³-hybridized carbons (Fsp3) is 0.526. The van der Waals surface area contributed by atoms with Crippen molar-refractivity contribution in [3.8, 4) is 17.2 Å². The number of hydrogen-bond donors (Lipinski definition) is 0. The molecule has 1 unspecified atom stereocenters. The van der Waals surface area contributed by atoms with Crippen LogP contribution in [0.3, 0.4) is 0 Å². The van der Waals surface area contributed by atoms with Crippen LogP contribution in [0.5, 0.6) is 17.2 Å². The Kier molecular flexibility index (Phi) is 4.52. The molecule has 1 atom stereocenters. The number of ether oxygens (including phenoxy) is 4. The first-order chi connectivity index (χ1) is 13.5. The zero-order valence-corrected chi connectivity index (χ0v) is 16.5. The number of likely N-dealkylation sites (N-methyl/N-ethyl adjacent to an activating group) is 1. The van der Waals surface area contributed by atoms with Crippen molar-refractivity contribution in [1.82, 2.24) is 14.9 Å². The van der Waals surface area contributed by atoms with Crippen LogP contribution in [-0.4, -0.2) is 74.6 Å². The van der Waals surface area contributed by atoms with E-state index in [0.717, 1.165) is 30.6 Å². The first-order valence-electron chi connectivity index (χ1n) is 9.14. The van der Waals surface area contributed by atoms with Gasteiger partial charge in [-0.15, -0.1) is 0 Å². The predicted molar refractivity (Wildman–Crippen MR) is 102 cm³/mol. The van der Waals surface area contributed by atoms with Gasteiger partial charge in [0, 0.05) is 13.6 Å². The Labute approximate surface area is 163 Å². The number of carbonyl (C=O) groups is 1. The van der Waals surface area contributed by atoms with Crippen LogP contribution in [-0.2, 0) is 4.74 Å². The second kappa shape index (κ2) is 6.88. The van der Waals surface area contributed by atoms with Gasteiger partial charge in [-0.2, -0.15) is 0 Å². The Morgan fingerprint density at radius 3 is 2.54 bits per heavy atom. The Hall–Kier alpha value is -2.97. The fourth-order valence-corrected chi connectivity index (χ4v) is 4.19. The van der Waals surface area contributed by atoms with E-state index in [4.69, 9.17) is 18.9 Å². The predicted octanol–water partition coefficient (Wildman–Crippen LogP) is 2.08. The third-order valence-corrected chi connectivity index (χ3v) is 5.39. The molecule has 0 radical (unpaired) electrons. The molecule has 0 bridgehead atoms. The summed E-state index contributed by atoms with van der Waals surface area (Å²) in [5, 5.41) is 0.798. The molecule has 2 aromatic rings. The van der Waals surface area contributed by atoms with Crippen LogP contribution < -0.4 is 19.1 Å². The van der Waals surface area contributed by atoms with Crippen LogP contribution in [0.4, 0.5) is 10.6 Å². The highest BCUT2D eigenvalue weighted by Crippen LogP contribution is 2.45. The lowest BCUT2D eigenvalue weighted by Crippen LogP contribution is -2.51. The maximum absolute atomic E-state index is 12.0. The molecule has 3 heterocycles. The molecule has 2 aliphatic heterocycles. The molecule has 1 spiro atoms. The van der Waals surface area contributed by atoms with E-state index in [2.05, 4.69) is 14.9 Å². The molecule has 1 aromatic carbocycles. The van der Waals surface area contributed by atoms with Crippen LogP contribution in [0.2, 0.25) is 0 Å². The van der Waals surface area contributed by atoms with E-state index in [1.54, 1.807) is 33.3 Å². The number of methoxy groups -OCH3 is 3. The monoisotopic (exact) mass is 388 g/mol. The standard InChI is InChI=1S/C19H24N4O5/c1-22-9-19(28-18(22)24)6-5-7-23(10-19)17-12-8-13(25-2)15(26-3)16(27-4)14(12)20-11-21-17/h8,11H,5-7,9-10H2,1-4H3. The first-order valence-corrected chi connectivity index (χ1v) is 9.14. The molecule has 0 saturated carbocycles. The van der Waals surface area contributed by atoms with Gasteiger partial charge < -0.3 is 28.7 Å². The second-order valence-electron chi connectivity index (χ2n) is 7.17. The van der Waals surface area contributed by atoms with Crippen molar-refractivity contribution in [3.05, 3.63) is 12.4 Å². The molecule has 9 heteroatoms. The lowest BCUT2D eigenvalue weighted by Gasteiger charge is -2.39. The summed E-state index contributed by atoms with van der Waals surface area (Å²) in [6.07, 6.45) is 2.97. The highest BCUT2D eigenvalue weighted by atomic mass is 16.6. The van der Waals surface area contributed by atoms with E-state index in [0.29, 0.717) is 35.9 Å². The molecule has 28 heavy (non-hydrogen) atoms. The number of hydrogen-bond acceptors (Lipinski definition) is 8. The average Bonchev–Trinajstić information content (AvgIpc) is 2.98. The largest absolute Gasteiger partial charge is 0.493 e. The molecule has 9 nitrogen and oxygen atoms in total. The molecular formula is C19H24N4O5. The molecule has 1 amide bonds. The average molecular weight is 388 g/mol. The van der Waals surface area contributed by atoms with Crippen LogP contribution in [0.15, 0.2) is 12.4 Å². The van der Waals surface area contributed by atoms with Crippen molar-refractivity contribution in [2.24, 2.45) is 0 Å². The Morgan fingerprint density at radius 1 is 1.11 bits per heavy atom. The van der Waals surface area contributed by atoms with Crippen LogP contribution in [0.1, 0.15) is 12.8 Å². The Morgan fingerprint density at radius 2 is 1.89 bits per heavy atom. The maximum Gasteiger partial charge on any atom is 0.410 e. The summed E-state index contributed by atoms with van der Waals surface area (Å²) < 4.78 is 22.3. The molecule has 4 rings (SSSR count). The van der Waals surface area contributed by atoms with Crippen LogP contribution in [0, 0.1) is 0 Å². The van der Waals surface area contributed by atoms with Crippen molar-refractivity contribution >= 4 is 22.8 Å². The van der Waals surface area contributed by atoms with Crippen molar-refractivity contribution in [2.75, 3.05) is 52.9 Å². The van der Waals surface area contributed by atoms with Gasteiger partial charge in [-0.05, 0) is 18.9 Å². The van der Waals surface area contributed by atoms with Crippen molar-refractivity contribution in [3.63, 3.8) is 0 Å². The number of benzene rings is 1. The van der Waals surface area contributed by atoms with Crippen molar-refractivity contribution in [1.29, 1.82) is 0 Å². The molecule has 1 aromatic heterocycles. The summed E-state index contributed by atoms with van der Waals surface area (Å²) in [4.78, 5) is 24.7. The highest BCUT2D eigenvalue weighted by Gasteiger charge is 2.47. The van der Waals surface area contributed by atoms with Gasteiger partial charge in [0.2, 0.25) is 5.75 Å². The lowest BCUT2D eigenvalue weighted by atomic mass is 9.92. The molecular weight excluding hydrogens is 364 g/mol. The topological polar surface area (TPSA) is 86.3 Å². The summed E-state index contributed by atoms with van der Waals surface area (Å²) in [5.41, 5.74) is 0.132. The van der Waals surface area contributed by atoms with E-state index < -0.39 is 5.60 Å². The zero-order chi connectivity index (χ0) is 19.9. The van der Waals surface area contributed by atoms with E-state index >= 15 is 0 Å². The number of rotatable bonds is 4. The minimum absolute atomic E-state index is 0.275. The summed E-state index contributed by atoms with van der Waals surface area (Å²) >= 11 is 0. The van der Waals surface area contributed by atoms with Gasteiger partial charge in [-0.1, -0.05) is 0 Å². The zero-order valence-electron chi connectivity index (χ0n) is 16.5. The maximum atomic E-state index is 12.0. The number of nitrogens with zero attached hydrogens (tertiary/aromatic N) is 4. The Balaban J connectivity index is 1.80. The van der Waals surface area contributed by atoms with E-state index in [1.165, 1.54) is 6.33 Å². The summed E-state index contributed by atoms with van der Waals surface area (Å²) in [7, 11) is 6.48. The Bertz CT molecular complexity index is 921. The fourth-order valence-electron chi connectivity index (χ4n) is 4.19. The second-order valence-corrected chi connectivity index (χ2v) is 7.17. The highest BCUT2D eigenvalue weighted by molar-refractivity contribution is 5.97. The number of amides is 1. The molecule has 0 aliphatic carbocycles. The van der Waals surface area contributed by atoms with Crippen LogP contribution >= 0.6 is 0 Å². The van der Waals surface area contributed by atoms with Gasteiger partial charge in [-0.3, -0.25) is 0 Å². The van der Waals surface area contributed by atoms with Crippen molar-refractivity contribution in [2.45, 2.75) is 18.4 Å². The molecule has 2 fully saturated rings. The third kappa shape index (κ3) is 2.81. The van der Waals surface area contributed by atoms with Gasteiger partial charge >= 0.3 is 6.09 Å². The smallest absolute Gasteiger partial charge is 0.410 e. The summed E-state index contributed by atoms with van der Waals surface area (Å²) in [6.45, 7) is 1.96. The van der Waals surface area contributed by atoms with E-state index in [-0.39, 0.29) is 6.09 Å². The third-order valence-electron chi connectivity index (χ3n) is 5.39. The molecule has 2 saturated heterocycles. The first kappa shape index (κ1) is 18.4. The van der Waals surface area contributed by atoms with Crippen LogP contribution in [0.25, 0.3) is 10.9 Å². The minimum atomic E-state index is -0.512. The quantitative estimate of drug-likeness (QED) is 0.787. The van der Waals surface area contributed by atoms with Gasteiger partial charge in [0.05, 0.1) is 39.8 Å². The minimum Gasteiger partial charge on any atom is -0.493 e. The van der Waals surface area contributed by atoms with E-state index in [9.17, 15) is 4.79 Å². The number of piperidine rings is 1. The molecule has 150 valence electrons. The normalized spacial score (nSPS) is 21.9. The molecule has 2 aliphatic rings. The lowest BCUT2D eigenvalue weighted by molar-refractivity contribution is 0.0446. The van der Waals surface area contributed by atoms with Gasteiger partial charge in [0.15, 0.2) is 11.5 Å². The van der Waals surface area contributed by atoms with Gasteiger partial charge in [0.25, 0.3) is 0 Å².